The predicted octanol–water partition coefficient (Wildman–Crippen LogP) is 4.19. The SMILES string of the molecule is C=NC=CC=C(C)C(Cc1cc(OC)c(OC)c(OC)c1)C(C)C#N. The van der Waals surface area contributed by atoms with E-state index < -0.39 is 0 Å². The Balaban J connectivity index is 3.24. The molecule has 1 rings (SSSR count). The highest BCUT2D eigenvalue weighted by atomic mass is 16.5. The van der Waals surface area contributed by atoms with Gasteiger partial charge in [-0.15, -0.1) is 0 Å². The van der Waals surface area contributed by atoms with E-state index in [1.807, 2.05) is 38.1 Å². The van der Waals surface area contributed by atoms with Gasteiger partial charge in [0.2, 0.25) is 5.75 Å². The lowest BCUT2D eigenvalue weighted by atomic mass is 9.83. The van der Waals surface area contributed by atoms with Crippen molar-refractivity contribution in [3.63, 3.8) is 0 Å². The van der Waals surface area contributed by atoms with Crippen LogP contribution >= 0.6 is 0 Å². The van der Waals surface area contributed by atoms with E-state index in [9.17, 15) is 5.26 Å². The van der Waals surface area contributed by atoms with E-state index in [-0.39, 0.29) is 11.8 Å². The summed E-state index contributed by atoms with van der Waals surface area (Å²) in [5, 5.41) is 9.39. The molecule has 1 aromatic rings. The number of rotatable bonds is 9. The highest BCUT2D eigenvalue weighted by Gasteiger charge is 2.21. The minimum absolute atomic E-state index is 0.0577. The lowest BCUT2D eigenvalue weighted by Crippen LogP contribution is -2.15. The molecule has 0 radical (unpaired) electrons. The van der Waals surface area contributed by atoms with E-state index in [0.29, 0.717) is 23.7 Å². The fourth-order valence-electron chi connectivity index (χ4n) is 2.71. The molecule has 0 aromatic heterocycles. The Labute approximate surface area is 150 Å². The molecule has 0 amide bonds. The molecule has 0 bridgehead atoms. The summed E-state index contributed by atoms with van der Waals surface area (Å²) in [5.41, 5.74) is 2.11. The third-order valence-corrected chi connectivity index (χ3v) is 4.12. The zero-order chi connectivity index (χ0) is 18.8. The van der Waals surface area contributed by atoms with Gasteiger partial charge in [-0.25, -0.2) is 0 Å². The summed E-state index contributed by atoms with van der Waals surface area (Å²) in [7, 11) is 4.76. The third kappa shape index (κ3) is 5.39. The van der Waals surface area contributed by atoms with E-state index >= 15 is 0 Å². The summed E-state index contributed by atoms with van der Waals surface area (Å²) in [4.78, 5) is 3.69. The Morgan fingerprint density at radius 3 is 2.28 bits per heavy atom. The van der Waals surface area contributed by atoms with Crippen LogP contribution in [-0.2, 0) is 6.42 Å². The number of allylic oxidation sites excluding steroid dienone is 3. The number of nitriles is 1. The number of benzene rings is 1. The van der Waals surface area contributed by atoms with Crippen molar-refractivity contribution in [3.8, 4) is 23.3 Å². The maximum atomic E-state index is 9.39. The molecule has 0 spiro atoms. The Kier molecular flexibility index (Phi) is 8.28. The molecule has 0 N–H and O–H groups in total. The number of methoxy groups -OCH3 is 3. The first-order chi connectivity index (χ1) is 12.0. The molecule has 0 saturated carbocycles. The van der Waals surface area contributed by atoms with Gasteiger partial charge in [-0.2, -0.15) is 5.26 Å². The van der Waals surface area contributed by atoms with Crippen LogP contribution in [0.1, 0.15) is 19.4 Å². The van der Waals surface area contributed by atoms with Crippen molar-refractivity contribution in [3.05, 3.63) is 41.6 Å². The molecule has 0 aliphatic rings. The van der Waals surface area contributed by atoms with E-state index in [4.69, 9.17) is 14.2 Å². The van der Waals surface area contributed by atoms with Gasteiger partial charge in [-0.3, -0.25) is 4.99 Å². The molecule has 25 heavy (non-hydrogen) atoms. The monoisotopic (exact) mass is 342 g/mol. The van der Waals surface area contributed by atoms with Crippen LogP contribution in [0.3, 0.4) is 0 Å². The Hall–Kier alpha value is -2.74. The minimum Gasteiger partial charge on any atom is -0.493 e. The van der Waals surface area contributed by atoms with Gasteiger partial charge in [0.25, 0.3) is 0 Å². The number of aliphatic imine (C=N–C) groups is 1. The number of hydrogen-bond donors (Lipinski definition) is 0. The maximum absolute atomic E-state index is 9.39. The molecule has 1 aromatic carbocycles. The predicted molar refractivity (Wildman–Crippen MR) is 101 cm³/mol. The van der Waals surface area contributed by atoms with Gasteiger partial charge in [0.1, 0.15) is 0 Å². The second kappa shape index (κ2) is 10.2. The van der Waals surface area contributed by atoms with Gasteiger partial charge in [-0.05, 0) is 56.7 Å². The molecule has 0 aliphatic heterocycles. The Morgan fingerprint density at radius 2 is 1.84 bits per heavy atom. The Morgan fingerprint density at radius 1 is 1.24 bits per heavy atom. The maximum Gasteiger partial charge on any atom is 0.203 e. The van der Waals surface area contributed by atoms with E-state index in [0.717, 1.165) is 11.1 Å². The van der Waals surface area contributed by atoms with Crippen molar-refractivity contribution in [1.82, 2.24) is 0 Å². The first kappa shape index (κ1) is 20.3. The molecule has 5 nitrogen and oxygen atoms in total. The number of hydrogen-bond acceptors (Lipinski definition) is 5. The lowest BCUT2D eigenvalue weighted by Gasteiger charge is -2.21. The first-order valence-corrected chi connectivity index (χ1v) is 8.00. The fraction of sp³-hybridized carbons (Fsp3) is 0.400. The van der Waals surface area contributed by atoms with Crippen LogP contribution in [0.5, 0.6) is 17.2 Å². The second-order valence-corrected chi connectivity index (χ2v) is 5.70. The van der Waals surface area contributed by atoms with E-state index in [1.165, 1.54) is 0 Å². The highest BCUT2D eigenvalue weighted by molar-refractivity contribution is 5.54. The normalized spacial score (nSPS) is 13.8. The average molecular weight is 342 g/mol. The molecule has 2 atom stereocenters. The van der Waals surface area contributed by atoms with Crippen molar-refractivity contribution in [2.45, 2.75) is 20.3 Å². The standard InChI is InChI=1S/C20H26N2O3/c1-14(8-7-9-22-3)17(15(2)13-21)10-16-11-18(23-4)20(25-6)19(12-16)24-5/h7-9,11-12,15,17H,3,10H2,1-2,4-6H3. The van der Waals surface area contributed by atoms with Gasteiger partial charge in [0, 0.05) is 6.20 Å². The summed E-state index contributed by atoms with van der Waals surface area (Å²) in [6, 6.07) is 6.20. The zero-order valence-corrected chi connectivity index (χ0v) is 15.6. The lowest BCUT2D eigenvalue weighted by molar-refractivity contribution is 0.323. The van der Waals surface area contributed by atoms with Gasteiger partial charge < -0.3 is 14.2 Å². The van der Waals surface area contributed by atoms with Gasteiger partial charge in [-0.1, -0.05) is 11.6 Å². The second-order valence-electron chi connectivity index (χ2n) is 5.70. The van der Waals surface area contributed by atoms with Gasteiger partial charge >= 0.3 is 0 Å². The van der Waals surface area contributed by atoms with Crippen LogP contribution in [0.15, 0.2) is 41.1 Å². The molecule has 0 saturated heterocycles. The topological polar surface area (TPSA) is 63.8 Å². The summed E-state index contributed by atoms with van der Waals surface area (Å²) in [6.07, 6.45) is 6.10. The smallest absolute Gasteiger partial charge is 0.203 e. The molecule has 0 heterocycles. The minimum atomic E-state index is -0.138. The van der Waals surface area contributed by atoms with Gasteiger partial charge in [0.15, 0.2) is 11.5 Å². The van der Waals surface area contributed by atoms with Crippen LogP contribution in [0.25, 0.3) is 0 Å². The van der Waals surface area contributed by atoms with E-state index in [1.54, 1.807) is 27.5 Å². The third-order valence-electron chi connectivity index (χ3n) is 4.12. The fourth-order valence-corrected chi connectivity index (χ4v) is 2.71. The zero-order valence-electron chi connectivity index (χ0n) is 15.6. The van der Waals surface area contributed by atoms with Crippen LogP contribution in [-0.4, -0.2) is 28.0 Å². The quantitative estimate of drug-likeness (QED) is 0.498. The summed E-state index contributed by atoms with van der Waals surface area (Å²) in [5.74, 6) is 1.70. The van der Waals surface area contributed by atoms with Crippen LogP contribution < -0.4 is 14.2 Å². The van der Waals surface area contributed by atoms with E-state index in [2.05, 4.69) is 17.8 Å². The van der Waals surface area contributed by atoms with Crippen LogP contribution in [0, 0.1) is 23.2 Å². The van der Waals surface area contributed by atoms with Crippen molar-refractivity contribution in [1.29, 1.82) is 5.26 Å². The highest BCUT2D eigenvalue weighted by Crippen LogP contribution is 2.39. The summed E-state index contributed by atoms with van der Waals surface area (Å²) < 4.78 is 16.2. The van der Waals surface area contributed by atoms with Crippen LogP contribution in [0.2, 0.25) is 0 Å². The molecule has 0 fully saturated rings. The summed E-state index contributed by atoms with van der Waals surface area (Å²) in [6.45, 7) is 7.36. The summed E-state index contributed by atoms with van der Waals surface area (Å²) >= 11 is 0. The first-order valence-electron chi connectivity index (χ1n) is 8.00. The molecule has 134 valence electrons. The molecular formula is C20H26N2O3. The Bertz CT molecular complexity index is 662. The molecule has 0 aliphatic carbocycles. The molecular weight excluding hydrogens is 316 g/mol. The molecule has 2 unspecified atom stereocenters. The largest absolute Gasteiger partial charge is 0.493 e. The van der Waals surface area contributed by atoms with Crippen molar-refractivity contribution >= 4 is 6.72 Å². The van der Waals surface area contributed by atoms with Gasteiger partial charge in [0.05, 0.1) is 33.3 Å². The number of ether oxygens (including phenoxy) is 3. The average Bonchev–Trinajstić information content (AvgIpc) is 2.64. The van der Waals surface area contributed by atoms with Crippen molar-refractivity contribution in [2.75, 3.05) is 21.3 Å². The van der Waals surface area contributed by atoms with Crippen molar-refractivity contribution in [2.24, 2.45) is 16.8 Å². The van der Waals surface area contributed by atoms with Crippen molar-refractivity contribution < 1.29 is 14.2 Å². The molecule has 5 heteroatoms. The van der Waals surface area contributed by atoms with Crippen LogP contribution in [0.4, 0.5) is 0 Å². The number of nitrogens with zero attached hydrogens (tertiary/aromatic N) is 2.